The van der Waals surface area contributed by atoms with Crippen LogP contribution in [0.15, 0.2) is 47.6 Å². The molecule has 2 aromatic rings. The summed E-state index contributed by atoms with van der Waals surface area (Å²) in [5.74, 6) is 0.664. The first-order valence-electron chi connectivity index (χ1n) is 8.46. The van der Waals surface area contributed by atoms with Crippen molar-refractivity contribution in [3.05, 3.63) is 68.3 Å². The van der Waals surface area contributed by atoms with Crippen molar-refractivity contribution in [2.24, 2.45) is 5.10 Å². The van der Waals surface area contributed by atoms with Crippen LogP contribution < -0.4 is 10.2 Å². The van der Waals surface area contributed by atoms with E-state index in [0.29, 0.717) is 17.9 Å². The quantitative estimate of drug-likeness (QED) is 0.283. The van der Waals surface area contributed by atoms with Crippen molar-refractivity contribution in [3.63, 3.8) is 0 Å². The Hall–Kier alpha value is -3.49. The number of hydrogen-bond acceptors (Lipinski definition) is 7. The Balaban J connectivity index is 2.11. The molecule has 0 bridgehead atoms. The average molecular weight is 372 g/mol. The van der Waals surface area contributed by atoms with Crippen molar-refractivity contribution >= 4 is 23.3 Å². The molecule has 0 radical (unpaired) electrons. The van der Waals surface area contributed by atoms with Crippen LogP contribution in [0.3, 0.4) is 0 Å². The number of rotatable bonds is 10. The molecule has 0 aliphatic carbocycles. The van der Waals surface area contributed by atoms with Gasteiger partial charge >= 0.3 is 5.69 Å². The molecule has 0 aromatic heterocycles. The smallest absolute Gasteiger partial charge is 0.301 e. The summed E-state index contributed by atoms with van der Waals surface area (Å²) in [6.45, 7) is 2.71. The van der Waals surface area contributed by atoms with Gasteiger partial charge in [-0.15, -0.1) is 0 Å². The van der Waals surface area contributed by atoms with Gasteiger partial charge in [-0.1, -0.05) is 31.9 Å². The van der Waals surface area contributed by atoms with Crippen molar-refractivity contribution < 1.29 is 14.6 Å². The van der Waals surface area contributed by atoms with Gasteiger partial charge in [0.05, 0.1) is 28.7 Å². The average Bonchev–Trinajstić information content (AvgIpc) is 2.66. The van der Waals surface area contributed by atoms with E-state index in [9.17, 15) is 20.2 Å². The number of non-ortho nitro benzene ring substituents is 1. The molecule has 2 rings (SSSR count). The van der Waals surface area contributed by atoms with E-state index in [2.05, 4.69) is 17.5 Å². The summed E-state index contributed by atoms with van der Waals surface area (Å²) in [7, 11) is 0. The molecule has 0 aliphatic heterocycles. The number of benzene rings is 2. The first-order valence-corrected chi connectivity index (χ1v) is 8.46. The number of para-hydroxylation sites is 1. The van der Waals surface area contributed by atoms with Gasteiger partial charge in [0.25, 0.3) is 5.69 Å². The van der Waals surface area contributed by atoms with Gasteiger partial charge in [0, 0.05) is 11.6 Å². The number of nitro benzene ring substituents is 2. The van der Waals surface area contributed by atoms with Gasteiger partial charge in [0.15, 0.2) is 0 Å². The number of anilines is 1. The van der Waals surface area contributed by atoms with Gasteiger partial charge in [-0.3, -0.25) is 25.7 Å². The summed E-state index contributed by atoms with van der Waals surface area (Å²) in [6, 6.07) is 10.6. The predicted octanol–water partition coefficient (Wildman–Crippen LogP) is 4.52. The van der Waals surface area contributed by atoms with Gasteiger partial charge in [-0.05, 0) is 24.6 Å². The maximum absolute atomic E-state index is 11.1. The number of nitrogens with zero attached hydrogens (tertiary/aromatic N) is 3. The lowest BCUT2D eigenvalue weighted by Gasteiger charge is -2.08. The van der Waals surface area contributed by atoms with Crippen molar-refractivity contribution in [1.29, 1.82) is 0 Å². The molecule has 0 saturated heterocycles. The van der Waals surface area contributed by atoms with Crippen molar-refractivity contribution in [2.75, 3.05) is 12.0 Å². The fourth-order valence-electron chi connectivity index (χ4n) is 2.30. The zero-order valence-electron chi connectivity index (χ0n) is 14.8. The second-order valence-corrected chi connectivity index (χ2v) is 5.68. The van der Waals surface area contributed by atoms with Gasteiger partial charge in [0.2, 0.25) is 0 Å². The van der Waals surface area contributed by atoms with Crippen molar-refractivity contribution in [3.8, 4) is 5.75 Å². The Labute approximate surface area is 156 Å². The maximum Gasteiger partial charge on any atom is 0.301 e. The number of hydrazone groups is 1. The van der Waals surface area contributed by atoms with E-state index in [1.165, 1.54) is 18.3 Å². The zero-order valence-corrected chi connectivity index (χ0v) is 14.8. The maximum atomic E-state index is 11.1. The second kappa shape index (κ2) is 9.85. The van der Waals surface area contributed by atoms with E-state index in [0.717, 1.165) is 25.3 Å². The van der Waals surface area contributed by atoms with E-state index >= 15 is 0 Å². The highest BCUT2D eigenvalue weighted by Gasteiger charge is 2.19. The highest BCUT2D eigenvalue weighted by Crippen LogP contribution is 2.29. The van der Waals surface area contributed by atoms with Crippen LogP contribution in [0.25, 0.3) is 0 Å². The molecule has 9 heteroatoms. The van der Waals surface area contributed by atoms with E-state index in [-0.39, 0.29) is 11.4 Å². The van der Waals surface area contributed by atoms with Gasteiger partial charge in [0.1, 0.15) is 11.4 Å². The Morgan fingerprint density at radius 3 is 2.59 bits per heavy atom. The van der Waals surface area contributed by atoms with Crippen molar-refractivity contribution in [2.45, 2.75) is 26.2 Å². The Bertz CT molecular complexity index is 838. The van der Waals surface area contributed by atoms with Crippen molar-refractivity contribution in [1.82, 2.24) is 0 Å². The largest absolute Gasteiger partial charge is 0.493 e. The standard InChI is InChI=1S/C18H20N4O5/c1-2-3-6-11-27-18-8-5-4-7-14(18)13-19-20-16-10-9-15(21(23)24)12-17(16)22(25)26/h4-5,7-10,12-13,20H,2-3,6,11H2,1H3/b19-13-. The van der Waals surface area contributed by atoms with Crippen LogP contribution >= 0.6 is 0 Å². The molecule has 1 N–H and O–H groups in total. The molecule has 9 nitrogen and oxygen atoms in total. The summed E-state index contributed by atoms with van der Waals surface area (Å²) in [4.78, 5) is 20.5. The fourth-order valence-corrected chi connectivity index (χ4v) is 2.30. The van der Waals surface area contributed by atoms with Crippen LogP contribution in [0.1, 0.15) is 31.7 Å². The molecule has 0 aliphatic rings. The Kier molecular flexibility index (Phi) is 7.24. The lowest BCUT2D eigenvalue weighted by Crippen LogP contribution is -2.01. The SMILES string of the molecule is CCCCCOc1ccccc1/C=N\Nc1ccc([N+](=O)[O-])cc1[N+](=O)[O-]. The minimum absolute atomic E-state index is 0.0585. The third-order valence-electron chi connectivity index (χ3n) is 3.70. The number of ether oxygens (including phenoxy) is 1. The first-order chi connectivity index (χ1) is 13.0. The van der Waals surface area contributed by atoms with E-state index in [1.54, 1.807) is 0 Å². The third-order valence-corrected chi connectivity index (χ3v) is 3.70. The van der Waals surface area contributed by atoms with Gasteiger partial charge < -0.3 is 4.74 Å². The Morgan fingerprint density at radius 2 is 1.89 bits per heavy atom. The fraction of sp³-hybridized carbons (Fsp3) is 0.278. The Morgan fingerprint density at radius 1 is 1.11 bits per heavy atom. The molecule has 0 saturated carbocycles. The van der Waals surface area contributed by atoms with E-state index in [4.69, 9.17) is 4.74 Å². The summed E-state index contributed by atoms with van der Waals surface area (Å²) in [5.41, 5.74) is 2.55. The second-order valence-electron chi connectivity index (χ2n) is 5.68. The molecule has 0 atom stereocenters. The summed E-state index contributed by atoms with van der Waals surface area (Å²) >= 11 is 0. The van der Waals surface area contributed by atoms with E-state index < -0.39 is 15.5 Å². The number of nitrogens with one attached hydrogen (secondary N) is 1. The molecular weight excluding hydrogens is 352 g/mol. The lowest BCUT2D eigenvalue weighted by molar-refractivity contribution is -0.393. The zero-order chi connectivity index (χ0) is 19.6. The normalized spacial score (nSPS) is 10.7. The van der Waals surface area contributed by atoms with E-state index in [1.807, 2.05) is 24.3 Å². The van der Waals surface area contributed by atoms with Crippen LogP contribution in [0, 0.1) is 20.2 Å². The molecular formula is C18H20N4O5. The third kappa shape index (κ3) is 5.77. The number of nitro groups is 2. The summed E-state index contributed by atoms with van der Waals surface area (Å²) in [6.07, 6.45) is 4.63. The summed E-state index contributed by atoms with van der Waals surface area (Å²) in [5, 5.41) is 25.9. The number of hydrogen-bond donors (Lipinski definition) is 1. The molecule has 142 valence electrons. The summed E-state index contributed by atoms with van der Waals surface area (Å²) < 4.78 is 5.74. The van der Waals surface area contributed by atoms with Gasteiger partial charge in [-0.25, -0.2) is 0 Å². The monoisotopic (exact) mass is 372 g/mol. The molecule has 0 spiro atoms. The molecule has 0 amide bonds. The molecule has 0 unspecified atom stereocenters. The topological polar surface area (TPSA) is 120 Å². The first kappa shape index (κ1) is 19.8. The highest BCUT2D eigenvalue weighted by atomic mass is 16.6. The minimum Gasteiger partial charge on any atom is -0.493 e. The lowest BCUT2D eigenvalue weighted by atomic mass is 10.2. The highest BCUT2D eigenvalue weighted by molar-refractivity contribution is 5.84. The van der Waals surface area contributed by atoms with Crippen LogP contribution in [-0.4, -0.2) is 22.7 Å². The van der Waals surface area contributed by atoms with Crippen LogP contribution in [0.2, 0.25) is 0 Å². The van der Waals surface area contributed by atoms with Crippen LogP contribution in [0.5, 0.6) is 5.75 Å². The molecule has 0 fully saturated rings. The van der Waals surface area contributed by atoms with Gasteiger partial charge in [-0.2, -0.15) is 5.10 Å². The van der Waals surface area contributed by atoms with Crippen LogP contribution in [0.4, 0.5) is 17.1 Å². The molecule has 27 heavy (non-hydrogen) atoms. The predicted molar refractivity (Wildman–Crippen MR) is 102 cm³/mol. The number of unbranched alkanes of at least 4 members (excludes halogenated alkanes) is 2. The minimum atomic E-state index is -0.699. The molecule has 2 aromatic carbocycles. The van der Waals surface area contributed by atoms with Crippen LogP contribution in [-0.2, 0) is 0 Å². The molecule has 0 heterocycles.